The van der Waals surface area contributed by atoms with Gasteiger partial charge in [-0.15, -0.1) is 11.3 Å². The Morgan fingerprint density at radius 3 is 3.00 bits per heavy atom. The summed E-state index contributed by atoms with van der Waals surface area (Å²) in [4.78, 5) is 1.30. The third-order valence-corrected chi connectivity index (χ3v) is 4.68. The summed E-state index contributed by atoms with van der Waals surface area (Å²) >= 11 is 1.75. The number of para-hydroxylation sites is 1. The van der Waals surface area contributed by atoms with Crippen LogP contribution in [0.15, 0.2) is 41.8 Å². The lowest BCUT2D eigenvalue weighted by Gasteiger charge is -2.28. The zero-order chi connectivity index (χ0) is 13.1. The van der Waals surface area contributed by atoms with E-state index in [0.29, 0.717) is 5.92 Å². The second-order valence-electron chi connectivity index (χ2n) is 4.84. The Labute approximate surface area is 117 Å². The molecule has 4 heteroatoms. The van der Waals surface area contributed by atoms with Crippen LogP contribution in [0.4, 0.5) is 0 Å². The van der Waals surface area contributed by atoms with Gasteiger partial charge < -0.3 is 4.74 Å². The molecule has 0 bridgehead atoms. The van der Waals surface area contributed by atoms with Gasteiger partial charge in [-0.05, 0) is 41.8 Å². The molecule has 0 saturated heterocycles. The summed E-state index contributed by atoms with van der Waals surface area (Å²) in [5, 5.41) is 2.09. The van der Waals surface area contributed by atoms with E-state index in [1.807, 2.05) is 6.07 Å². The van der Waals surface area contributed by atoms with E-state index < -0.39 is 0 Å². The van der Waals surface area contributed by atoms with Crippen LogP contribution in [0.1, 0.15) is 35.2 Å². The van der Waals surface area contributed by atoms with Crippen LogP contribution >= 0.6 is 11.3 Å². The van der Waals surface area contributed by atoms with Crippen LogP contribution in [-0.4, -0.2) is 6.61 Å². The van der Waals surface area contributed by atoms with E-state index in [9.17, 15) is 0 Å². The normalized spacial score (nSPS) is 19.5. The molecule has 0 fully saturated rings. The van der Waals surface area contributed by atoms with E-state index >= 15 is 0 Å². The van der Waals surface area contributed by atoms with Crippen molar-refractivity contribution in [3.63, 3.8) is 0 Å². The average Bonchev–Trinajstić information content (AvgIpc) is 2.99. The summed E-state index contributed by atoms with van der Waals surface area (Å²) in [6, 6.07) is 12.8. The van der Waals surface area contributed by atoms with Gasteiger partial charge in [-0.1, -0.05) is 24.3 Å². The average molecular weight is 274 g/mol. The van der Waals surface area contributed by atoms with Gasteiger partial charge in [0.15, 0.2) is 0 Å². The van der Waals surface area contributed by atoms with E-state index in [1.165, 1.54) is 10.4 Å². The van der Waals surface area contributed by atoms with E-state index in [4.69, 9.17) is 10.6 Å². The van der Waals surface area contributed by atoms with Gasteiger partial charge >= 0.3 is 0 Å². The maximum absolute atomic E-state index is 5.73. The maximum atomic E-state index is 5.73. The maximum Gasteiger partial charge on any atom is 0.122 e. The second kappa shape index (κ2) is 5.74. The largest absolute Gasteiger partial charge is 0.493 e. The molecule has 0 saturated carbocycles. The molecule has 0 aliphatic carbocycles. The zero-order valence-corrected chi connectivity index (χ0v) is 11.5. The van der Waals surface area contributed by atoms with Crippen molar-refractivity contribution < 1.29 is 4.74 Å². The predicted octanol–water partition coefficient (Wildman–Crippen LogP) is 3.21. The molecule has 100 valence electrons. The first-order valence-corrected chi connectivity index (χ1v) is 7.47. The first-order valence-electron chi connectivity index (χ1n) is 6.59. The molecule has 3 rings (SSSR count). The molecule has 1 aliphatic heterocycles. The number of ether oxygens (including phenoxy) is 1. The van der Waals surface area contributed by atoms with Gasteiger partial charge in [0.25, 0.3) is 0 Å². The quantitative estimate of drug-likeness (QED) is 0.665. The van der Waals surface area contributed by atoms with Crippen molar-refractivity contribution in [2.75, 3.05) is 6.61 Å². The first-order chi connectivity index (χ1) is 9.38. The number of nitrogens with one attached hydrogen (secondary N) is 1. The Morgan fingerprint density at radius 2 is 2.21 bits per heavy atom. The van der Waals surface area contributed by atoms with Crippen molar-refractivity contribution in [3.05, 3.63) is 52.2 Å². The van der Waals surface area contributed by atoms with E-state index in [-0.39, 0.29) is 6.04 Å². The number of fused-ring (bicyclic) bond motifs is 1. The highest BCUT2D eigenvalue weighted by atomic mass is 32.1. The van der Waals surface area contributed by atoms with E-state index in [2.05, 4.69) is 41.1 Å². The molecule has 3 nitrogen and oxygen atoms in total. The highest BCUT2D eigenvalue weighted by Crippen LogP contribution is 2.39. The summed E-state index contributed by atoms with van der Waals surface area (Å²) < 4.78 is 5.71. The van der Waals surface area contributed by atoms with Crippen molar-refractivity contribution >= 4 is 11.3 Å². The Bertz CT molecular complexity index is 527. The minimum Gasteiger partial charge on any atom is -0.493 e. The topological polar surface area (TPSA) is 47.3 Å². The summed E-state index contributed by atoms with van der Waals surface area (Å²) in [7, 11) is 0. The molecule has 2 aromatic rings. The van der Waals surface area contributed by atoms with Crippen LogP contribution < -0.4 is 16.0 Å². The minimum atomic E-state index is 0.219. The van der Waals surface area contributed by atoms with E-state index in [0.717, 1.165) is 25.2 Å². The summed E-state index contributed by atoms with van der Waals surface area (Å²) in [5.41, 5.74) is 4.26. The fourth-order valence-corrected chi connectivity index (χ4v) is 3.50. The fourth-order valence-electron chi connectivity index (χ4n) is 2.70. The van der Waals surface area contributed by atoms with Gasteiger partial charge in [-0.25, -0.2) is 0 Å². The summed E-state index contributed by atoms with van der Waals surface area (Å²) in [5.74, 6) is 7.26. The fraction of sp³-hybridized carbons (Fsp3) is 0.333. The molecule has 1 aromatic carbocycles. The molecule has 0 radical (unpaired) electrons. The molecule has 3 N–H and O–H groups in total. The lowest BCUT2D eigenvalue weighted by molar-refractivity contribution is 0.255. The van der Waals surface area contributed by atoms with Crippen LogP contribution in [0, 0.1) is 0 Å². The SMILES string of the molecule is NNC(CC1CCOc2ccccc21)c1cccs1. The zero-order valence-electron chi connectivity index (χ0n) is 10.7. The molecule has 1 aromatic heterocycles. The van der Waals surface area contributed by atoms with Gasteiger partial charge in [0, 0.05) is 4.88 Å². The molecular weight excluding hydrogens is 256 g/mol. The minimum absolute atomic E-state index is 0.219. The van der Waals surface area contributed by atoms with Crippen LogP contribution in [0.25, 0.3) is 0 Å². The number of hydrogen-bond acceptors (Lipinski definition) is 4. The lowest BCUT2D eigenvalue weighted by Crippen LogP contribution is -2.29. The number of rotatable bonds is 4. The molecule has 0 spiro atoms. The predicted molar refractivity (Wildman–Crippen MR) is 78.3 cm³/mol. The van der Waals surface area contributed by atoms with Gasteiger partial charge in [0.2, 0.25) is 0 Å². The van der Waals surface area contributed by atoms with Gasteiger partial charge in [0.1, 0.15) is 5.75 Å². The van der Waals surface area contributed by atoms with Crippen molar-refractivity contribution in [2.45, 2.75) is 24.8 Å². The Kier molecular flexibility index (Phi) is 3.82. The number of hydrogen-bond donors (Lipinski definition) is 2. The van der Waals surface area contributed by atoms with Gasteiger partial charge in [0.05, 0.1) is 12.6 Å². The molecule has 2 heterocycles. The smallest absolute Gasteiger partial charge is 0.122 e. The van der Waals surface area contributed by atoms with Crippen molar-refractivity contribution in [3.8, 4) is 5.75 Å². The van der Waals surface area contributed by atoms with Gasteiger partial charge in [-0.3, -0.25) is 11.3 Å². The molecule has 2 atom stereocenters. The van der Waals surface area contributed by atoms with Crippen LogP contribution in [0.5, 0.6) is 5.75 Å². The standard InChI is InChI=1S/C15H18N2OS/c16-17-13(15-6-3-9-19-15)10-11-7-8-18-14-5-2-1-4-12(11)14/h1-6,9,11,13,17H,7-8,10,16H2. The van der Waals surface area contributed by atoms with Crippen molar-refractivity contribution in [1.29, 1.82) is 0 Å². The van der Waals surface area contributed by atoms with Crippen LogP contribution in [0.2, 0.25) is 0 Å². The Hall–Kier alpha value is -1.36. The Morgan fingerprint density at radius 1 is 1.32 bits per heavy atom. The number of thiophene rings is 1. The summed E-state index contributed by atoms with van der Waals surface area (Å²) in [6.45, 7) is 0.795. The molecule has 2 unspecified atom stereocenters. The van der Waals surface area contributed by atoms with Crippen LogP contribution in [0.3, 0.4) is 0 Å². The molecular formula is C15H18N2OS. The third kappa shape index (κ3) is 2.66. The number of benzene rings is 1. The van der Waals surface area contributed by atoms with E-state index in [1.54, 1.807) is 11.3 Å². The van der Waals surface area contributed by atoms with Crippen LogP contribution in [-0.2, 0) is 0 Å². The third-order valence-electron chi connectivity index (χ3n) is 3.69. The highest BCUT2D eigenvalue weighted by molar-refractivity contribution is 7.10. The number of hydrazine groups is 1. The summed E-state index contributed by atoms with van der Waals surface area (Å²) in [6.07, 6.45) is 2.07. The monoisotopic (exact) mass is 274 g/mol. The molecule has 0 amide bonds. The second-order valence-corrected chi connectivity index (χ2v) is 5.82. The number of nitrogens with two attached hydrogens (primary N) is 1. The molecule has 1 aliphatic rings. The highest BCUT2D eigenvalue weighted by Gasteiger charge is 2.24. The Balaban J connectivity index is 1.80. The van der Waals surface area contributed by atoms with Crippen molar-refractivity contribution in [1.82, 2.24) is 5.43 Å². The first kappa shape index (κ1) is 12.7. The lowest BCUT2D eigenvalue weighted by atomic mass is 9.87. The molecule has 19 heavy (non-hydrogen) atoms. The van der Waals surface area contributed by atoms with Crippen molar-refractivity contribution in [2.24, 2.45) is 5.84 Å². The van der Waals surface area contributed by atoms with Gasteiger partial charge in [-0.2, -0.15) is 0 Å².